The topological polar surface area (TPSA) is 120 Å². The monoisotopic (exact) mass is 693 g/mol. The van der Waals surface area contributed by atoms with E-state index in [0.29, 0.717) is 39.5 Å². The first-order valence-electron chi connectivity index (χ1n) is 16.7. The highest BCUT2D eigenvalue weighted by Crippen LogP contribution is 2.41. The van der Waals surface area contributed by atoms with Crippen LogP contribution in [0.25, 0.3) is 0 Å². The molecule has 2 atom stereocenters. The number of nitrogens with zero attached hydrogens (tertiary/aromatic N) is 3. The molecule has 3 aromatic rings. The second-order valence-corrected chi connectivity index (χ2v) is 14.2. The smallest absolute Gasteiger partial charge is 0.243 e. The molecule has 1 fully saturated rings. The molecule has 264 valence electrons. The van der Waals surface area contributed by atoms with Crippen LogP contribution in [0.15, 0.2) is 71.6 Å². The van der Waals surface area contributed by atoms with Crippen molar-refractivity contribution in [1.29, 1.82) is 5.26 Å². The molecule has 5 rings (SSSR count). The van der Waals surface area contributed by atoms with Gasteiger partial charge in [-0.1, -0.05) is 48.0 Å². The first-order valence-corrected chi connectivity index (χ1v) is 18.1. The Balaban J connectivity index is 1.44. The minimum absolute atomic E-state index is 0.0424. The number of nitriles is 1. The van der Waals surface area contributed by atoms with Gasteiger partial charge in [-0.05, 0) is 60.7 Å². The molecule has 0 spiro atoms. The van der Waals surface area contributed by atoms with Crippen molar-refractivity contribution in [2.75, 3.05) is 78.3 Å². The third kappa shape index (κ3) is 8.98. The third-order valence-electron chi connectivity index (χ3n) is 9.03. The van der Waals surface area contributed by atoms with Crippen molar-refractivity contribution in [2.45, 2.75) is 49.6 Å². The van der Waals surface area contributed by atoms with Crippen LogP contribution in [0.2, 0.25) is 0 Å². The molecule has 49 heavy (non-hydrogen) atoms. The number of anilines is 1. The Labute approximate surface area is 290 Å². The summed E-state index contributed by atoms with van der Waals surface area (Å²) in [6, 6.07) is 22.8. The minimum Gasteiger partial charge on any atom is -0.490 e. The van der Waals surface area contributed by atoms with Gasteiger partial charge in [0.25, 0.3) is 0 Å². The normalized spacial score (nSPS) is 19.6. The predicted molar refractivity (Wildman–Crippen MR) is 185 cm³/mol. The molecule has 12 heteroatoms. The lowest BCUT2D eigenvalue weighted by Crippen LogP contribution is -2.57. The summed E-state index contributed by atoms with van der Waals surface area (Å²) in [6.45, 7) is 6.47. The Bertz CT molecular complexity index is 1650. The van der Waals surface area contributed by atoms with Gasteiger partial charge in [0.05, 0.1) is 49.6 Å². The lowest BCUT2D eigenvalue weighted by atomic mass is 9.82. The van der Waals surface area contributed by atoms with Crippen LogP contribution in [-0.4, -0.2) is 92.3 Å². The van der Waals surface area contributed by atoms with E-state index < -0.39 is 21.7 Å². The maximum Gasteiger partial charge on any atom is 0.243 e. The molecule has 2 aliphatic heterocycles. The fourth-order valence-electron chi connectivity index (χ4n) is 6.33. The summed E-state index contributed by atoms with van der Waals surface area (Å²) in [6.07, 6.45) is 0.448. The quantitative estimate of drug-likeness (QED) is 0.182. The summed E-state index contributed by atoms with van der Waals surface area (Å²) < 4.78 is 64.4. The standard InChI is InChI=1S/C37H47N3O8S/c1-29-5-12-33(13-6-29)49(41,42)40-18-15-37(48-21-16-38,32-10-7-30(8-11-32)27-45-24-23-44-3)36(26-40)47-28-31-9-14-35-34(25-31)39(19-22-46-35)17-4-20-43-2/h5-14,25,36H,4,15,17-24,26-28H2,1-3H3/t36-,37-/m0/s1. The highest BCUT2D eigenvalue weighted by molar-refractivity contribution is 7.89. The molecule has 0 aliphatic carbocycles. The lowest BCUT2D eigenvalue weighted by Gasteiger charge is -2.46. The number of ether oxygens (including phenoxy) is 6. The molecule has 0 N–H and O–H groups in total. The van der Waals surface area contributed by atoms with Crippen LogP contribution in [0, 0.1) is 18.3 Å². The molecule has 0 saturated carbocycles. The summed E-state index contributed by atoms with van der Waals surface area (Å²) in [7, 11) is -0.491. The molecule has 3 aromatic carbocycles. The molecule has 11 nitrogen and oxygen atoms in total. The van der Waals surface area contributed by atoms with E-state index in [9.17, 15) is 13.7 Å². The molecule has 1 saturated heterocycles. The van der Waals surface area contributed by atoms with Crippen LogP contribution in [0.5, 0.6) is 5.75 Å². The Kier molecular flexibility index (Phi) is 13.0. The zero-order chi connectivity index (χ0) is 34.7. The Hall–Kier alpha value is -3.54. The van der Waals surface area contributed by atoms with E-state index in [0.717, 1.165) is 53.2 Å². The van der Waals surface area contributed by atoms with E-state index in [2.05, 4.69) is 17.0 Å². The Morgan fingerprint density at radius 2 is 1.69 bits per heavy atom. The molecule has 0 unspecified atom stereocenters. The second kappa shape index (κ2) is 17.4. The van der Waals surface area contributed by atoms with Crippen LogP contribution in [-0.2, 0) is 52.5 Å². The number of aryl methyl sites for hydroxylation is 1. The number of hydrogen-bond acceptors (Lipinski definition) is 10. The maximum atomic E-state index is 13.9. The van der Waals surface area contributed by atoms with Gasteiger partial charge in [-0.2, -0.15) is 9.57 Å². The van der Waals surface area contributed by atoms with Crippen LogP contribution >= 0.6 is 0 Å². The number of sulfonamides is 1. The average Bonchev–Trinajstić information content (AvgIpc) is 3.12. The zero-order valence-corrected chi connectivity index (χ0v) is 29.5. The zero-order valence-electron chi connectivity index (χ0n) is 28.6. The van der Waals surface area contributed by atoms with Crippen molar-refractivity contribution in [3.05, 3.63) is 89.0 Å². The summed E-state index contributed by atoms with van der Waals surface area (Å²) in [5.41, 5.74) is 3.59. The molecular weight excluding hydrogens is 646 g/mol. The van der Waals surface area contributed by atoms with Gasteiger partial charge in [-0.3, -0.25) is 0 Å². The van der Waals surface area contributed by atoms with Crippen molar-refractivity contribution in [2.24, 2.45) is 0 Å². The van der Waals surface area contributed by atoms with Crippen molar-refractivity contribution in [1.82, 2.24) is 4.31 Å². The molecule has 2 heterocycles. The first-order chi connectivity index (χ1) is 23.8. The molecule has 2 aliphatic rings. The lowest BCUT2D eigenvalue weighted by molar-refractivity contribution is -0.173. The van der Waals surface area contributed by atoms with Gasteiger partial charge in [-0.25, -0.2) is 8.42 Å². The van der Waals surface area contributed by atoms with E-state index >= 15 is 0 Å². The highest BCUT2D eigenvalue weighted by atomic mass is 32.2. The van der Waals surface area contributed by atoms with E-state index in [1.165, 1.54) is 4.31 Å². The number of piperidine rings is 1. The highest BCUT2D eigenvalue weighted by Gasteiger charge is 2.49. The summed E-state index contributed by atoms with van der Waals surface area (Å²) in [5, 5.41) is 9.63. The van der Waals surface area contributed by atoms with Crippen molar-refractivity contribution >= 4 is 15.7 Å². The summed E-state index contributed by atoms with van der Waals surface area (Å²) in [4.78, 5) is 2.52. The van der Waals surface area contributed by atoms with Gasteiger partial charge in [-0.15, -0.1) is 0 Å². The summed E-state index contributed by atoms with van der Waals surface area (Å²) in [5.74, 6) is 0.818. The van der Waals surface area contributed by atoms with Crippen molar-refractivity contribution in [3.63, 3.8) is 0 Å². The number of methoxy groups -OCH3 is 2. The summed E-state index contributed by atoms with van der Waals surface area (Å²) >= 11 is 0. The fraction of sp³-hybridized carbons (Fsp3) is 0.486. The van der Waals surface area contributed by atoms with E-state index in [-0.39, 0.29) is 31.2 Å². The van der Waals surface area contributed by atoms with E-state index in [1.807, 2.05) is 43.3 Å². The SMILES string of the molecule is COCCCN1CCOc2ccc(CO[C@H]3CN(S(=O)(=O)c4ccc(C)cc4)CC[C@]3(OCC#N)c3ccc(COCCOC)cc3)cc21. The predicted octanol–water partition coefficient (Wildman–Crippen LogP) is 4.81. The largest absolute Gasteiger partial charge is 0.490 e. The van der Waals surface area contributed by atoms with Gasteiger partial charge in [0.2, 0.25) is 10.0 Å². The van der Waals surface area contributed by atoms with Gasteiger partial charge in [0, 0.05) is 40.5 Å². The third-order valence-corrected chi connectivity index (χ3v) is 10.9. The molecule has 0 bridgehead atoms. The molecule has 0 radical (unpaired) electrons. The van der Waals surface area contributed by atoms with Crippen LogP contribution in [0.3, 0.4) is 0 Å². The molecular formula is C37H47N3O8S. The second-order valence-electron chi connectivity index (χ2n) is 12.3. The Morgan fingerprint density at radius 3 is 2.43 bits per heavy atom. The van der Waals surface area contributed by atoms with Gasteiger partial charge in [0.1, 0.15) is 30.7 Å². The maximum absolute atomic E-state index is 13.9. The first kappa shape index (κ1) is 36.7. The Morgan fingerprint density at radius 1 is 0.939 bits per heavy atom. The van der Waals surface area contributed by atoms with Crippen molar-refractivity contribution < 1.29 is 36.8 Å². The number of fused-ring (bicyclic) bond motifs is 1. The van der Waals surface area contributed by atoms with Gasteiger partial charge >= 0.3 is 0 Å². The molecule has 0 amide bonds. The number of benzene rings is 3. The van der Waals surface area contributed by atoms with Crippen LogP contribution < -0.4 is 9.64 Å². The fourth-order valence-corrected chi connectivity index (χ4v) is 7.77. The van der Waals surface area contributed by atoms with Gasteiger partial charge < -0.3 is 33.3 Å². The van der Waals surface area contributed by atoms with Crippen LogP contribution in [0.4, 0.5) is 5.69 Å². The number of rotatable bonds is 17. The average molecular weight is 694 g/mol. The number of hydrogen-bond donors (Lipinski definition) is 0. The van der Waals surface area contributed by atoms with Crippen LogP contribution in [0.1, 0.15) is 35.1 Å². The van der Waals surface area contributed by atoms with Crippen molar-refractivity contribution in [3.8, 4) is 11.8 Å². The van der Waals surface area contributed by atoms with E-state index in [1.54, 1.807) is 38.5 Å². The van der Waals surface area contributed by atoms with Gasteiger partial charge in [0.15, 0.2) is 0 Å². The van der Waals surface area contributed by atoms with E-state index in [4.69, 9.17) is 28.4 Å². The minimum atomic E-state index is -3.83. The molecule has 0 aromatic heterocycles.